The minimum absolute atomic E-state index is 0.125. The van der Waals surface area contributed by atoms with Crippen molar-refractivity contribution >= 4 is 5.82 Å². The molecular formula is C7H13N5O2. The number of aromatic nitrogens is 3. The van der Waals surface area contributed by atoms with Crippen LogP contribution in [0.1, 0.15) is 0 Å². The van der Waals surface area contributed by atoms with E-state index in [1.807, 2.05) is 0 Å². The van der Waals surface area contributed by atoms with Crippen LogP contribution < -0.4 is 16.7 Å². The summed E-state index contributed by atoms with van der Waals surface area (Å²) in [5, 5.41) is 5.37. The van der Waals surface area contributed by atoms with Crippen LogP contribution in [0.5, 0.6) is 0 Å². The number of anilines is 1. The second-order valence-electron chi connectivity index (χ2n) is 3.13. The Bertz CT molecular complexity index is 444. The van der Waals surface area contributed by atoms with Gasteiger partial charge in [-0.2, -0.15) is 0 Å². The summed E-state index contributed by atoms with van der Waals surface area (Å²) in [6, 6.07) is 0. The first-order chi connectivity index (χ1) is 6.43. The van der Waals surface area contributed by atoms with Gasteiger partial charge in [0.1, 0.15) is 0 Å². The summed E-state index contributed by atoms with van der Waals surface area (Å²) in [5.41, 5.74) is 1.82. The molecule has 0 atom stereocenters. The molecule has 0 amide bonds. The standard InChI is InChI=1S/C7H13N5O2/c1-10(2)8-5-6(13)11(3)7(14)12(4)9-5/h1-4H3,(H,8,9). The third-order valence-electron chi connectivity index (χ3n) is 1.65. The lowest BCUT2D eigenvalue weighted by atomic mass is 10.7. The molecule has 0 aliphatic carbocycles. The second-order valence-corrected chi connectivity index (χ2v) is 3.13. The van der Waals surface area contributed by atoms with E-state index in [1.54, 1.807) is 19.1 Å². The Morgan fingerprint density at radius 2 is 1.86 bits per heavy atom. The molecule has 14 heavy (non-hydrogen) atoms. The van der Waals surface area contributed by atoms with Crippen LogP contribution in [0.3, 0.4) is 0 Å². The molecule has 1 N–H and O–H groups in total. The van der Waals surface area contributed by atoms with Crippen molar-refractivity contribution < 1.29 is 0 Å². The number of rotatable bonds is 2. The van der Waals surface area contributed by atoms with E-state index in [2.05, 4.69) is 10.5 Å². The first kappa shape index (κ1) is 10.5. The smallest absolute Gasteiger partial charge is 0.298 e. The Morgan fingerprint density at radius 3 is 2.36 bits per heavy atom. The summed E-state index contributed by atoms with van der Waals surface area (Å²) in [6.07, 6.45) is 0. The summed E-state index contributed by atoms with van der Waals surface area (Å²) in [4.78, 5) is 22.7. The molecule has 0 bridgehead atoms. The van der Waals surface area contributed by atoms with Gasteiger partial charge in [-0.15, -0.1) is 5.10 Å². The molecule has 1 aromatic rings. The van der Waals surface area contributed by atoms with E-state index >= 15 is 0 Å². The van der Waals surface area contributed by atoms with E-state index in [-0.39, 0.29) is 5.82 Å². The maximum absolute atomic E-state index is 11.5. The fourth-order valence-corrected chi connectivity index (χ4v) is 0.980. The quantitative estimate of drug-likeness (QED) is 0.579. The van der Waals surface area contributed by atoms with Crippen molar-refractivity contribution in [1.82, 2.24) is 19.4 Å². The number of aryl methyl sites for hydroxylation is 1. The SMILES string of the molecule is CN(C)Nc1nn(C)c(=O)n(C)c1=O. The normalized spacial score (nSPS) is 10.6. The van der Waals surface area contributed by atoms with Gasteiger partial charge in [-0.25, -0.2) is 14.5 Å². The highest BCUT2D eigenvalue weighted by Crippen LogP contribution is 1.88. The summed E-state index contributed by atoms with van der Waals surface area (Å²) in [7, 11) is 6.36. The molecule has 1 heterocycles. The zero-order valence-corrected chi connectivity index (χ0v) is 8.61. The number of nitrogens with one attached hydrogen (secondary N) is 1. The number of hydrogen-bond donors (Lipinski definition) is 1. The Labute approximate surface area is 80.5 Å². The molecule has 78 valence electrons. The molecule has 0 aliphatic heterocycles. The molecule has 0 radical (unpaired) electrons. The lowest BCUT2D eigenvalue weighted by molar-refractivity contribution is 0.480. The summed E-state index contributed by atoms with van der Waals surface area (Å²) < 4.78 is 2.10. The molecule has 0 aliphatic rings. The highest BCUT2D eigenvalue weighted by atomic mass is 16.2. The Hall–Kier alpha value is -1.63. The lowest BCUT2D eigenvalue weighted by Crippen LogP contribution is -2.41. The largest absolute Gasteiger partial charge is 0.346 e. The Kier molecular flexibility index (Phi) is 2.70. The monoisotopic (exact) mass is 199 g/mol. The predicted molar refractivity (Wildman–Crippen MR) is 52.0 cm³/mol. The first-order valence-corrected chi connectivity index (χ1v) is 4.02. The van der Waals surface area contributed by atoms with Crippen molar-refractivity contribution in [2.75, 3.05) is 19.5 Å². The molecule has 0 fully saturated rings. The van der Waals surface area contributed by atoms with Crippen molar-refractivity contribution in [3.63, 3.8) is 0 Å². The molecule has 0 aromatic carbocycles. The van der Waals surface area contributed by atoms with Crippen LogP contribution in [-0.2, 0) is 14.1 Å². The minimum atomic E-state index is -0.445. The Balaban J connectivity index is 3.34. The zero-order valence-electron chi connectivity index (χ0n) is 8.61. The number of hydrazine groups is 1. The molecule has 0 saturated carbocycles. The molecular weight excluding hydrogens is 186 g/mol. The average molecular weight is 199 g/mol. The molecule has 0 spiro atoms. The molecule has 7 nitrogen and oxygen atoms in total. The summed E-state index contributed by atoms with van der Waals surface area (Å²) >= 11 is 0. The second kappa shape index (κ2) is 3.62. The Morgan fingerprint density at radius 1 is 1.29 bits per heavy atom. The molecule has 0 unspecified atom stereocenters. The minimum Gasteiger partial charge on any atom is -0.298 e. The maximum Gasteiger partial charge on any atom is 0.346 e. The van der Waals surface area contributed by atoms with Crippen LogP contribution in [0.4, 0.5) is 5.82 Å². The van der Waals surface area contributed by atoms with E-state index in [1.165, 1.54) is 14.1 Å². The van der Waals surface area contributed by atoms with Gasteiger partial charge in [-0.3, -0.25) is 14.8 Å². The van der Waals surface area contributed by atoms with Crippen molar-refractivity contribution in [3.8, 4) is 0 Å². The van der Waals surface area contributed by atoms with E-state index in [0.717, 1.165) is 9.25 Å². The van der Waals surface area contributed by atoms with Gasteiger partial charge in [-0.05, 0) is 0 Å². The highest BCUT2D eigenvalue weighted by molar-refractivity contribution is 5.27. The summed E-state index contributed by atoms with van der Waals surface area (Å²) in [5.74, 6) is 0.125. The first-order valence-electron chi connectivity index (χ1n) is 4.02. The van der Waals surface area contributed by atoms with Crippen LogP contribution >= 0.6 is 0 Å². The highest BCUT2D eigenvalue weighted by Gasteiger charge is 2.07. The lowest BCUT2D eigenvalue weighted by Gasteiger charge is -2.12. The fourth-order valence-electron chi connectivity index (χ4n) is 0.980. The molecule has 0 saturated heterocycles. The zero-order chi connectivity index (χ0) is 10.9. The van der Waals surface area contributed by atoms with Crippen molar-refractivity contribution in [2.24, 2.45) is 14.1 Å². The fraction of sp³-hybridized carbons (Fsp3) is 0.571. The van der Waals surface area contributed by atoms with Crippen LogP contribution in [0.15, 0.2) is 9.59 Å². The van der Waals surface area contributed by atoms with Gasteiger partial charge >= 0.3 is 5.69 Å². The van der Waals surface area contributed by atoms with E-state index < -0.39 is 11.2 Å². The third-order valence-corrected chi connectivity index (χ3v) is 1.65. The van der Waals surface area contributed by atoms with Crippen molar-refractivity contribution in [1.29, 1.82) is 0 Å². The van der Waals surface area contributed by atoms with Crippen molar-refractivity contribution in [2.45, 2.75) is 0 Å². The van der Waals surface area contributed by atoms with Gasteiger partial charge < -0.3 is 0 Å². The third kappa shape index (κ3) is 1.82. The van der Waals surface area contributed by atoms with Crippen molar-refractivity contribution in [3.05, 3.63) is 20.8 Å². The van der Waals surface area contributed by atoms with Gasteiger partial charge in [0.2, 0.25) is 5.82 Å². The van der Waals surface area contributed by atoms with Gasteiger partial charge in [0, 0.05) is 28.2 Å². The van der Waals surface area contributed by atoms with Crippen LogP contribution in [0, 0.1) is 0 Å². The van der Waals surface area contributed by atoms with E-state index in [9.17, 15) is 9.59 Å². The van der Waals surface area contributed by atoms with Gasteiger partial charge in [0.15, 0.2) is 0 Å². The molecule has 1 rings (SSSR count). The topological polar surface area (TPSA) is 72.2 Å². The van der Waals surface area contributed by atoms with Gasteiger partial charge in [0.05, 0.1) is 0 Å². The maximum atomic E-state index is 11.5. The molecule has 1 aromatic heterocycles. The van der Waals surface area contributed by atoms with Crippen LogP contribution in [-0.4, -0.2) is 33.5 Å². The van der Waals surface area contributed by atoms with Gasteiger partial charge in [0.25, 0.3) is 5.56 Å². The van der Waals surface area contributed by atoms with Crippen LogP contribution in [0.25, 0.3) is 0 Å². The van der Waals surface area contributed by atoms with E-state index in [4.69, 9.17) is 0 Å². The molecule has 7 heteroatoms. The van der Waals surface area contributed by atoms with Crippen LogP contribution in [0.2, 0.25) is 0 Å². The number of nitrogens with zero attached hydrogens (tertiary/aromatic N) is 4. The summed E-state index contributed by atoms with van der Waals surface area (Å²) in [6.45, 7) is 0. The predicted octanol–water partition coefficient (Wildman–Crippen LogP) is -1.63. The van der Waals surface area contributed by atoms with Gasteiger partial charge in [-0.1, -0.05) is 0 Å². The van der Waals surface area contributed by atoms with E-state index in [0.29, 0.717) is 0 Å². The average Bonchev–Trinajstić information content (AvgIpc) is 2.10. The number of hydrogen-bond acceptors (Lipinski definition) is 5.